The van der Waals surface area contributed by atoms with E-state index in [-0.39, 0.29) is 0 Å². The van der Waals surface area contributed by atoms with Crippen LogP contribution in [-0.4, -0.2) is 23.0 Å². The van der Waals surface area contributed by atoms with E-state index in [1.807, 2.05) is 107 Å². The van der Waals surface area contributed by atoms with Gasteiger partial charge in [0.05, 0.1) is 0 Å². The van der Waals surface area contributed by atoms with Gasteiger partial charge in [-0.2, -0.15) is 0 Å². The molecule has 0 amide bonds. The Morgan fingerprint density at radius 1 is 0.697 bits per heavy atom. The molecular weight excluding hydrogens is 500 g/mol. The molecule has 0 saturated carbocycles. The molecule has 174 valence electrons. The molecule has 3 aromatic carbocycles. The predicted molar refractivity (Wildman–Crippen MR) is 121 cm³/mol. The Labute approximate surface area is 203 Å². The maximum atomic E-state index is 13.1. The van der Waals surface area contributed by atoms with Crippen molar-refractivity contribution in [3.8, 4) is 5.75 Å². The Kier molecular flexibility index (Phi) is 9.01. The molecule has 0 saturated heterocycles. The molecule has 6 nitrogen and oxygen atoms in total. The van der Waals surface area contributed by atoms with Crippen LogP contribution in [0.1, 0.15) is 38.8 Å². The van der Waals surface area contributed by atoms with Crippen molar-refractivity contribution >= 4 is 5.97 Å². The van der Waals surface area contributed by atoms with E-state index in [2.05, 4.69) is 0 Å². The minimum atomic E-state index is -3.79. The van der Waals surface area contributed by atoms with Crippen molar-refractivity contribution in [3.05, 3.63) is 102 Å². The van der Waals surface area contributed by atoms with Crippen LogP contribution in [0.2, 0.25) is 0 Å². The van der Waals surface area contributed by atoms with Gasteiger partial charge in [0.1, 0.15) is 5.75 Å². The van der Waals surface area contributed by atoms with Gasteiger partial charge in [-0.1, -0.05) is 107 Å². The molecule has 0 spiro atoms. The summed E-state index contributed by atoms with van der Waals surface area (Å²) in [6, 6.07) is 28.7. The van der Waals surface area contributed by atoms with E-state index < -0.39 is 45.0 Å². The molecule has 0 bridgehead atoms. The number of benzene rings is 3. The van der Waals surface area contributed by atoms with Crippen LogP contribution in [0, 0.1) is 0 Å². The molecule has 3 rings (SSSR count). The molecule has 0 atom stereocenters. The van der Waals surface area contributed by atoms with Crippen molar-refractivity contribution in [1.29, 1.82) is 0 Å². The summed E-state index contributed by atoms with van der Waals surface area (Å²) < 4.78 is 29.8. The van der Waals surface area contributed by atoms with Crippen LogP contribution in [0.4, 0.5) is 0 Å². The Balaban J connectivity index is 0.000000890. The second kappa shape index (κ2) is 11.1. The molecule has 0 aliphatic rings. The Morgan fingerprint density at radius 3 is 1.30 bits per heavy atom. The topological polar surface area (TPSA) is 104 Å². The first-order valence-corrected chi connectivity index (χ1v) is 13.7. The first-order chi connectivity index (χ1) is 15.5. The maximum absolute atomic E-state index is 13.1. The van der Waals surface area contributed by atoms with Crippen LogP contribution in [0.3, 0.4) is 0 Å². The molecule has 0 aliphatic heterocycles. The van der Waals surface area contributed by atoms with Crippen molar-refractivity contribution in [2.24, 2.45) is 0 Å². The van der Waals surface area contributed by atoms with E-state index in [0.29, 0.717) is 5.75 Å². The van der Waals surface area contributed by atoms with Gasteiger partial charge in [0.15, 0.2) is 0 Å². The molecule has 3 aromatic rings. The fraction of sp³-hybridized carbons (Fsp3) is 0.269. The summed E-state index contributed by atoms with van der Waals surface area (Å²) in [6.45, 7) is 7.79. The van der Waals surface area contributed by atoms with Gasteiger partial charge in [0.25, 0.3) is 0 Å². The zero-order chi connectivity index (χ0) is 24.7. The van der Waals surface area contributed by atoms with Crippen molar-refractivity contribution in [2.45, 2.75) is 44.1 Å². The second-order valence-electron chi connectivity index (χ2n) is 8.67. The number of para-hydroxylation sites is 1. The number of hydrogen-bond donors (Lipinski definition) is 3. The third-order valence-electron chi connectivity index (χ3n) is 6.07. The first kappa shape index (κ1) is 26.8. The molecule has 33 heavy (non-hydrogen) atoms. The zero-order valence-corrected chi connectivity index (χ0v) is 21.7. The van der Waals surface area contributed by atoms with E-state index in [0.717, 1.165) is 11.1 Å². The first-order valence-electron chi connectivity index (χ1n) is 10.5. The van der Waals surface area contributed by atoms with Crippen molar-refractivity contribution < 1.29 is 46.5 Å². The average Bonchev–Trinajstić information content (AvgIpc) is 2.78. The molecular formula is C26H30O6Zr. The van der Waals surface area contributed by atoms with Crippen molar-refractivity contribution in [3.63, 3.8) is 0 Å². The van der Waals surface area contributed by atoms with Gasteiger partial charge >= 0.3 is 37.8 Å². The summed E-state index contributed by atoms with van der Waals surface area (Å²) in [5.41, 5.74) is -1.47. The average molecular weight is 530 g/mol. The van der Waals surface area contributed by atoms with Gasteiger partial charge in [-0.05, 0) is 23.3 Å². The van der Waals surface area contributed by atoms with Crippen LogP contribution in [0.25, 0.3) is 0 Å². The van der Waals surface area contributed by atoms with Gasteiger partial charge in [0.2, 0.25) is 5.60 Å². The predicted octanol–water partition coefficient (Wildman–Crippen LogP) is 4.61. The van der Waals surface area contributed by atoms with Crippen LogP contribution < -0.4 is 4.74 Å². The van der Waals surface area contributed by atoms with E-state index in [9.17, 15) is 9.90 Å². The fourth-order valence-corrected chi connectivity index (χ4v) is 4.40. The van der Waals surface area contributed by atoms with Gasteiger partial charge in [0, 0.05) is 10.8 Å². The van der Waals surface area contributed by atoms with E-state index >= 15 is 0 Å². The van der Waals surface area contributed by atoms with Crippen LogP contribution in [0.15, 0.2) is 91.0 Å². The summed E-state index contributed by atoms with van der Waals surface area (Å²) in [5, 5.41) is 10.8. The number of hydrogen-bond acceptors (Lipinski definition) is 3. The third-order valence-corrected chi connectivity index (χ3v) is 6.07. The quantitative estimate of drug-likeness (QED) is 0.413. The van der Waals surface area contributed by atoms with Crippen LogP contribution >= 0.6 is 0 Å². The standard InChI is InChI=1S/C26H28O3.2H2O.O.Zr/c1-24(2,20-14-8-5-9-15-20)26(23(27)28,29-22-18-12-7-13-19-22)25(3,4)21-16-10-6-11-17-21;;;;/h5-19H,1-4H3,(H,27,28);2*1H2;;/q;;;;+2/p-2. The Morgan fingerprint density at radius 2 is 1.00 bits per heavy atom. The molecule has 7 heteroatoms. The number of carboxylic acids is 1. The molecule has 0 unspecified atom stereocenters. The summed E-state index contributed by atoms with van der Waals surface area (Å²) in [7, 11) is 0. The number of carbonyl (C=O) groups is 1. The van der Waals surface area contributed by atoms with Crippen molar-refractivity contribution in [1.82, 2.24) is 0 Å². The molecule has 3 N–H and O–H groups in total. The van der Waals surface area contributed by atoms with Crippen LogP contribution in [0.5, 0.6) is 5.75 Å². The Hall–Kier alpha value is -2.47. The summed E-state index contributed by atoms with van der Waals surface area (Å²) >= 11 is -3.79. The second-order valence-corrected chi connectivity index (χ2v) is 10.1. The van der Waals surface area contributed by atoms with Gasteiger partial charge in [-0.15, -0.1) is 0 Å². The molecule has 0 radical (unpaired) electrons. The number of carboxylic acid groups (broad SMARTS) is 1. The summed E-state index contributed by atoms with van der Waals surface area (Å²) in [4.78, 5) is 13.1. The van der Waals surface area contributed by atoms with Gasteiger partial charge < -0.3 is 9.84 Å². The number of aliphatic carboxylic acids is 1. The molecule has 0 heterocycles. The normalized spacial score (nSPS) is 11.7. The molecule has 0 aromatic heterocycles. The molecule has 0 aliphatic carbocycles. The number of ether oxygens (including phenoxy) is 1. The fourth-order valence-electron chi connectivity index (χ4n) is 4.40. The number of rotatable bonds is 7. The van der Waals surface area contributed by atoms with Gasteiger partial charge in [-0.3, -0.25) is 0 Å². The van der Waals surface area contributed by atoms with E-state index in [1.54, 1.807) is 12.1 Å². The Bertz CT molecular complexity index is 994. The third kappa shape index (κ3) is 5.73. The van der Waals surface area contributed by atoms with Crippen molar-refractivity contribution in [2.75, 3.05) is 0 Å². The zero-order valence-electron chi connectivity index (χ0n) is 19.2. The minimum absolute atomic E-state index is 0.530. The van der Waals surface area contributed by atoms with E-state index in [1.165, 1.54) is 0 Å². The van der Waals surface area contributed by atoms with Crippen LogP contribution in [-0.2, 0) is 41.1 Å². The van der Waals surface area contributed by atoms with E-state index in [4.69, 9.17) is 13.9 Å². The monoisotopic (exact) mass is 528 g/mol. The SMILES string of the molecule is CC(C)(c1ccccc1)C(Oc1ccccc1)(C(=O)O)C(C)(C)c1ccccc1.[O]=[Zr]([OH])[OH]. The molecule has 0 fully saturated rings. The van der Waals surface area contributed by atoms with Gasteiger partial charge in [-0.25, -0.2) is 4.79 Å². The summed E-state index contributed by atoms with van der Waals surface area (Å²) in [6.07, 6.45) is 0. The summed E-state index contributed by atoms with van der Waals surface area (Å²) in [5.74, 6) is -0.466.